The van der Waals surface area contributed by atoms with Gasteiger partial charge in [0.05, 0.1) is 11.5 Å². The molecule has 0 saturated carbocycles. The lowest BCUT2D eigenvalue weighted by Gasteiger charge is -2.33. The number of carbonyl (C=O) groups is 3. The van der Waals surface area contributed by atoms with Gasteiger partial charge in [0, 0.05) is 12.6 Å². The molecule has 162 valence electrons. The summed E-state index contributed by atoms with van der Waals surface area (Å²) < 4.78 is 23.7. The molecule has 2 heterocycles. The van der Waals surface area contributed by atoms with Crippen LogP contribution >= 0.6 is 0 Å². The van der Waals surface area contributed by atoms with Crippen molar-refractivity contribution in [2.24, 2.45) is 0 Å². The number of fused-ring (bicyclic) bond motifs is 2. The van der Waals surface area contributed by atoms with E-state index < -0.39 is 33.4 Å². The molecular weight excluding hydrogens is 406 g/mol. The Labute approximate surface area is 176 Å². The minimum absolute atomic E-state index is 0.0593. The van der Waals surface area contributed by atoms with Crippen molar-refractivity contribution in [3.05, 3.63) is 35.4 Å². The predicted molar refractivity (Wildman–Crippen MR) is 110 cm³/mol. The van der Waals surface area contributed by atoms with Gasteiger partial charge in [-0.15, -0.1) is 0 Å². The molecule has 8 nitrogen and oxygen atoms in total. The van der Waals surface area contributed by atoms with E-state index in [9.17, 15) is 22.8 Å². The molecule has 4 amide bonds. The van der Waals surface area contributed by atoms with Crippen LogP contribution in [0, 0.1) is 0 Å². The van der Waals surface area contributed by atoms with Crippen LogP contribution in [0.4, 0.5) is 4.79 Å². The molecule has 4 rings (SSSR count). The molecule has 2 aliphatic heterocycles. The third-order valence-corrected chi connectivity index (χ3v) is 8.13. The first-order valence-electron chi connectivity index (χ1n) is 10.5. The molecule has 1 N–H and O–H groups in total. The second-order valence-corrected chi connectivity index (χ2v) is 10.6. The van der Waals surface area contributed by atoms with Crippen LogP contribution in [0.3, 0.4) is 0 Å². The first-order chi connectivity index (χ1) is 14.3. The van der Waals surface area contributed by atoms with Crippen LogP contribution in [-0.2, 0) is 31.4 Å². The maximum Gasteiger partial charge on any atom is 0.325 e. The quantitative estimate of drug-likeness (QED) is 0.703. The van der Waals surface area contributed by atoms with Gasteiger partial charge in [-0.05, 0) is 43.2 Å². The van der Waals surface area contributed by atoms with E-state index in [-0.39, 0.29) is 24.0 Å². The number of sulfone groups is 1. The molecule has 2 fully saturated rings. The SMILES string of the molecule is CCCN(C(=O)CN1C(=O)N[C@@]2(CCCc3ccccc32)C1=O)[C@H]1CCS(=O)(=O)C1. The molecule has 1 aromatic rings. The molecule has 0 unspecified atom stereocenters. The Balaban J connectivity index is 1.56. The van der Waals surface area contributed by atoms with Crippen molar-refractivity contribution < 1.29 is 22.8 Å². The number of imide groups is 1. The highest BCUT2D eigenvalue weighted by Crippen LogP contribution is 2.39. The first kappa shape index (κ1) is 20.8. The van der Waals surface area contributed by atoms with Gasteiger partial charge in [0.15, 0.2) is 9.84 Å². The Morgan fingerprint density at radius 2 is 2.07 bits per heavy atom. The topological polar surface area (TPSA) is 104 Å². The van der Waals surface area contributed by atoms with E-state index in [2.05, 4.69) is 5.32 Å². The molecule has 30 heavy (non-hydrogen) atoms. The minimum atomic E-state index is -3.15. The van der Waals surface area contributed by atoms with E-state index in [0.29, 0.717) is 25.8 Å². The summed E-state index contributed by atoms with van der Waals surface area (Å²) in [5.74, 6) is -0.781. The van der Waals surface area contributed by atoms with Crippen LogP contribution in [0.25, 0.3) is 0 Å². The van der Waals surface area contributed by atoms with Crippen LogP contribution < -0.4 is 5.32 Å². The number of amides is 4. The van der Waals surface area contributed by atoms with Crippen LogP contribution in [0.2, 0.25) is 0 Å². The van der Waals surface area contributed by atoms with E-state index in [0.717, 1.165) is 28.9 Å². The number of nitrogens with one attached hydrogen (secondary N) is 1. The highest BCUT2D eigenvalue weighted by atomic mass is 32.2. The maximum absolute atomic E-state index is 13.4. The highest BCUT2D eigenvalue weighted by molar-refractivity contribution is 7.91. The molecule has 9 heteroatoms. The average Bonchev–Trinajstić information content (AvgIpc) is 3.18. The number of urea groups is 1. The largest absolute Gasteiger partial charge is 0.337 e. The zero-order chi connectivity index (χ0) is 21.5. The fourth-order valence-electron chi connectivity index (χ4n) is 4.95. The van der Waals surface area contributed by atoms with E-state index >= 15 is 0 Å². The van der Waals surface area contributed by atoms with Gasteiger partial charge < -0.3 is 10.2 Å². The lowest BCUT2D eigenvalue weighted by molar-refractivity contribution is -0.140. The van der Waals surface area contributed by atoms with Crippen molar-refractivity contribution in [1.82, 2.24) is 15.1 Å². The highest BCUT2D eigenvalue weighted by Gasteiger charge is 2.54. The van der Waals surface area contributed by atoms with Crippen LogP contribution in [0.5, 0.6) is 0 Å². The van der Waals surface area contributed by atoms with Gasteiger partial charge >= 0.3 is 6.03 Å². The van der Waals surface area contributed by atoms with Gasteiger partial charge in [0.2, 0.25) is 5.91 Å². The molecule has 0 radical (unpaired) electrons. The third kappa shape index (κ3) is 3.49. The molecular formula is C21H27N3O5S. The average molecular weight is 434 g/mol. The van der Waals surface area contributed by atoms with Crippen molar-refractivity contribution in [1.29, 1.82) is 0 Å². The lowest BCUT2D eigenvalue weighted by Crippen LogP contribution is -2.49. The summed E-state index contributed by atoms with van der Waals surface area (Å²) in [7, 11) is -3.15. The van der Waals surface area contributed by atoms with E-state index in [1.54, 1.807) is 0 Å². The van der Waals surface area contributed by atoms with Gasteiger partial charge in [-0.25, -0.2) is 13.2 Å². The second kappa shape index (κ2) is 7.68. The van der Waals surface area contributed by atoms with Crippen molar-refractivity contribution >= 4 is 27.7 Å². The fourth-order valence-corrected chi connectivity index (χ4v) is 6.68. The molecule has 2 saturated heterocycles. The zero-order valence-corrected chi connectivity index (χ0v) is 17.9. The summed E-state index contributed by atoms with van der Waals surface area (Å²) in [5.41, 5.74) is 0.726. The van der Waals surface area contributed by atoms with Crippen molar-refractivity contribution in [2.45, 2.75) is 50.6 Å². The predicted octanol–water partition coefficient (Wildman–Crippen LogP) is 1.20. The van der Waals surface area contributed by atoms with Gasteiger partial charge in [-0.1, -0.05) is 31.2 Å². The first-order valence-corrected chi connectivity index (χ1v) is 12.3. The normalized spacial score (nSPS) is 27.2. The Morgan fingerprint density at radius 1 is 1.30 bits per heavy atom. The minimum Gasteiger partial charge on any atom is -0.337 e. The number of hydrogen-bond acceptors (Lipinski definition) is 5. The van der Waals surface area contributed by atoms with Gasteiger partial charge in [0.25, 0.3) is 5.91 Å². The van der Waals surface area contributed by atoms with Crippen LogP contribution in [-0.4, -0.2) is 66.7 Å². The summed E-state index contributed by atoms with van der Waals surface area (Å²) in [5, 5.41) is 2.86. The Morgan fingerprint density at radius 3 is 2.77 bits per heavy atom. The molecule has 2 atom stereocenters. The van der Waals surface area contributed by atoms with Crippen molar-refractivity contribution in [3.8, 4) is 0 Å². The molecule has 1 aromatic carbocycles. The molecule has 1 spiro atoms. The van der Waals surface area contributed by atoms with E-state index in [4.69, 9.17) is 0 Å². The molecule has 0 bridgehead atoms. The Kier molecular flexibility index (Phi) is 5.34. The number of carbonyl (C=O) groups excluding carboxylic acids is 3. The number of aryl methyl sites for hydroxylation is 1. The molecule has 1 aliphatic carbocycles. The Bertz CT molecular complexity index is 992. The number of rotatable bonds is 5. The summed E-state index contributed by atoms with van der Waals surface area (Å²) in [6.45, 7) is 1.94. The van der Waals surface area contributed by atoms with Gasteiger partial charge in [-0.2, -0.15) is 0 Å². The van der Waals surface area contributed by atoms with E-state index in [1.807, 2.05) is 31.2 Å². The summed E-state index contributed by atoms with van der Waals surface area (Å²) >= 11 is 0. The smallest absolute Gasteiger partial charge is 0.325 e. The third-order valence-electron chi connectivity index (χ3n) is 6.38. The van der Waals surface area contributed by atoms with Crippen LogP contribution in [0.15, 0.2) is 24.3 Å². The number of benzene rings is 1. The summed E-state index contributed by atoms with van der Waals surface area (Å²) in [6, 6.07) is 6.63. The maximum atomic E-state index is 13.4. The van der Waals surface area contributed by atoms with Crippen molar-refractivity contribution in [3.63, 3.8) is 0 Å². The zero-order valence-electron chi connectivity index (χ0n) is 17.1. The monoisotopic (exact) mass is 433 g/mol. The van der Waals surface area contributed by atoms with Gasteiger partial charge in [-0.3, -0.25) is 14.5 Å². The molecule has 3 aliphatic rings. The summed E-state index contributed by atoms with van der Waals surface area (Å²) in [4.78, 5) is 41.7. The lowest BCUT2D eigenvalue weighted by atomic mass is 9.76. The fraction of sp³-hybridized carbons (Fsp3) is 0.571. The number of hydrogen-bond donors (Lipinski definition) is 1. The van der Waals surface area contributed by atoms with Crippen LogP contribution in [0.1, 0.15) is 43.7 Å². The van der Waals surface area contributed by atoms with E-state index in [1.165, 1.54) is 4.90 Å². The molecule has 0 aromatic heterocycles. The van der Waals surface area contributed by atoms with Crippen molar-refractivity contribution in [2.75, 3.05) is 24.6 Å². The van der Waals surface area contributed by atoms with Gasteiger partial charge in [0.1, 0.15) is 12.1 Å². The number of nitrogens with zero attached hydrogens (tertiary/aromatic N) is 2. The summed E-state index contributed by atoms with van der Waals surface area (Å²) in [6.07, 6.45) is 3.18. The Hall–Kier alpha value is -2.42. The second-order valence-electron chi connectivity index (χ2n) is 8.38. The standard InChI is InChI=1S/C21H27N3O5S/c1-2-11-23(16-9-12-30(28,29)14-16)18(25)13-24-19(26)21(22-20(24)27)10-5-7-15-6-3-4-8-17(15)21/h3-4,6,8,16H,2,5,7,9-14H2,1H3,(H,22,27)/t16-,21+/m0/s1.